The lowest BCUT2D eigenvalue weighted by molar-refractivity contribution is -0.274. The number of nitrogens with zero attached hydrogens (tertiary/aromatic N) is 2. The molecule has 0 atom stereocenters. The molecule has 0 unspecified atom stereocenters. The minimum absolute atomic E-state index is 0.251. The van der Waals surface area contributed by atoms with Gasteiger partial charge in [0.2, 0.25) is 0 Å². The number of ether oxygens (including phenoxy) is 1. The lowest BCUT2D eigenvalue weighted by Gasteiger charge is -2.29. The maximum atomic E-state index is 12.1. The highest BCUT2D eigenvalue weighted by Crippen LogP contribution is 2.30. The predicted molar refractivity (Wildman–Crippen MR) is 66.8 cm³/mol. The molecule has 1 aliphatic heterocycles. The Hall–Kier alpha value is -1.40. The van der Waals surface area contributed by atoms with Gasteiger partial charge < -0.3 is 4.74 Å². The van der Waals surface area contributed by atoms with E-state index in [4.69, 9.17) is 11.6 Å². The van der Waals surface area contributed by atoms with Gasteiger partial charge in [0.15, 0.2) is 0 Å². The highest BCUT2D eigenvalue weighted by Gasteiger charge is 2.31. The van der Waals surface area contributed by atoms with Crippen LogP contribution in [0.15, 0.2) is 35.5 Å². The van der Waals surface area contributed by atoms with E-state index in [1.54, 1.807) is 5.01 Å². The average Bonchev–Trinajstić information content (AvgIpc) is 2.69. The summed E-state index contributed by atoms with van der Waals surface area (Å²) >= 11 is 6.07. The maximum absolute atomic E-state index is 12.1. The third-order valence-electron chi connectivity index (χ3n) is 2.64. The van der Waals surface area contributed by atoms with Crippen LogP contribution >= 0.6 is 11.6 Å². The molecule has 1 heterocycles. The molecular weight excluding hydrogens is 281 g/mol. The molecular formula is C12H12ClF3N2O. The molecule has 1 aliphatic rings. The van der Waals surface area contributed by atoms with E-state index in [1.807, 2.05) is 18.0 Å². The summed E-state index contributed by atoms with van der Waals surface area (Å²) < 4.78 is 40.0. The number of likely N-dealkylation sites (N-methyl/N-ethyl adjacent to an activating group) is 1. The summed E-state index contributed by atoms with van der Waals surface area (Å²) in [5, 5.41) is 4.24. The lowest BCUT2D eigenvalue weighted by atomic mass is 10.3. The molecule has 0 bridgehead atoms. The van der Waals surface area contributed by atoms with Crippen LogP contribution < -0.4 is 9.75 Å². The van der Waals surface area contributed by atoms with Gasteiger partial charge in [0.1, 0.15) is 10.9 Å². The Morgan fingerprint density at radius 1 is 1.26 bits per heavy atom. The molecule has 3 nitrogen and oxygen atoms in total. The summed E-state index contributed by atoms with van der Waals surface area (Å²) in [6, 6.07) is 5.59. The van der Waals surface area contributed by atoms with Crippen LogP contribution in [0.3, 0.4) is 0 Å². The summed E-state index contributed by atoms with van der Waals surface area (Å²) in [5.41, 5.74) is 0.690. The Kier molecular flexibility index (Phi) is 3.91. The number of halogens is 4. The van der Waals surface area contributed by atoms with E-state index in [0.29, 0.717) is 17.4 Å². The number of hydrazine groups is 1. The monoisotopic (exact) mass is 292 g/mol. The molecule has 1 aromatic rings. The largest absolute Gasteiger partial charge is 0.573 e. The van der Waals surface area contributed by atoms with Crippen molar-refractivity contribution in [1.29, 1.82) is 0 Å². The first-order valence-corrected chi connectivity index (χ1v) is 6.05. The van der Waals surface area contributed by atoms with Crippen LogP contribution in [0.4, 0.5) is 18.9 Å². The molecule has 19 heavy (non-hydrogen) atoms. The van der Waals surface area contributed by atoms with Gasteiger partial charge in [0.25, 0.3) is 0 Å². The standard InChI is InChI=1S/C12H12ClF3N2O/c1-2-17-8-7-11(13)18(17)9-3-5-10(6-4-9)19-12(14,15)16/h3-7H,2,8H2,1H3. The second kappa shape index (κ2) is 5.30. The quantitative estimate of drug-likeness (QED) is 0.790. The second-order valence-electron chi connectivity index (χ2n) is 3.89. The smallest absolute Gasteiger partial charge is 0.406 e. The average molecular weight is 293 g/mol. The Bertz CT molecular complexity index is 473. The van der Waals surface area contributed by atoms with Crippen molar-refractivity contribution >= 4 is 17.3 Å². The predicted octanol–water partition coefficient (Wildman–Crippen LogP) is 3.72. The van der Waals surface area contributed by atoms with E-state index in [9.17, 15) is 13.2 Å². The minimum atomic E-state index is -4.68. The van der Waals surface area contributed by atoms with Gasteiger partial charge >= 0.3 is 6.36 Å². The fraction of sp³-hybridized carbons (Fsp3) is 0.333. The normalized spacial score (nSPS) is 16.7. The molecule has 0 N–H and O–H groups in total. The molecule has 104 valence electrons. The third kappa shape index (κ3) is 3.33. The van der Waals surface area contributed by atoms with E-state index >= 15 is 0 Å². The number of rotatable bonds is 3. The first-order chi connectivity index (χ1) is 8.90. The van der Waals surface area contributed by atoms with Crippen molar-refractivity contribution in [3.63, 3.8) is 0 Å². The molecule has 2 rings (SSSR count). The molecule has 0 spiro atoms. The molecule has 0 saturated carbocycles. The van der Waals surface area contributed by atoms with Crippen molar-refractivity contribution in [2.45, 2.75) is 13.3 Å². The van der Waals surface area contributed by atoms with E-state index in [0.717, 1.165) is 6.54 Å². The van der Waals surface area contributed by atoms with Gasteiger partial charge in [-0.1, -0.05) is 18.5 Å². The molecule has 0 saturated heterocycles. The molecule has 1 aromatic carbocycles. The van der Waals surface area contributed by atoms with Crippen LogP contribution in [0.5, 0.6) is 5.75 Å². The van der Waals surface area contributed by atoms with Crippen LogP contribution in [0.2, 0.25) is 0 Å². The van der Waals surface area contributed by atoms with Gasteiger partial charge in [-0.15, -0.1) is 13.2 Å². The van der Waals surface area contributed by atoms with Crippen molar-refractivity contribution in [1.82, 2.24) is 5.01 Å². The molecule has 0 fully saturated rings. The molecule has 0 aromatic heterocycles. The fourth-order valence-corrected chi connectivity index (χ4v) is 2.10. The highest BCUT2D eigenvalue weighted by molar-refractivity contribution is 6.31. The molecule has 7 heteroatoms. The van der Waals surface area contributed by atoms with Crippen LogP contribution in [-0.4, -0.2) is 24.5 Å². The molecule has 0 radical (unpaired) electrons. The fourth-order valence-electron chi connectivity index (χ4n) is 1.83. The highest BCUT2D eigenvalue weighted by atomic mass is 35.5. The number of alkyl halides is 3. The summed E-state index contributed by atoms with van der Waals surface area (Å²) in [5.74, 6) is -0.251. The minimum Gasteiger partial charge on any atom is -0.406 e. The van der Waals surface area contributed by atoms with Gasteiger partial charge in [-0.2, -0.15) is 0 Å². The molecule has 0 amide bonds. The van der Waals surface area contributed by atoms with Crippen LogP contribution in [0.25, 0.3) is 0 Å². The summed E-state index contributed by atoms with van der Waals surface area (Å²) in [6.07, 6.45) is -2.84. The summed E-state index contributed by atoms with van der Waals surface area (Å²) in [4.78, 5) is 0. The van der Waals surface area contributed by atoms with E-state index < -0.39 is 6.36 Å². The van der Waals surface area contributed by atoms with E-state index in [2.05, 4.69) is 4.74 Å². The Labute approximate surface area is 113 Å². The lowest BCUT2D eigenvalue weighted by Crippen LogP contribution is -2.36. The Morgan fingerprint density at radius 3 is 2.42 bits per heavy atom. The summed E-state index contributed by atoms with van der Waals surface area (Å²) in [6.45, 7) is 3.39. The maximum Gasteiger partial charge on any atom is 0.573 e. The van der Waals surface area contributed by atoms with Crippen molar-refractivity contribution in [3.05, 3.63) is 35.5 Å². The number of benzene rings is 1. The summed E-state index contributed by atoms with van der Waals surface area (Å²) in [7, 11) is 0. The first kappa shape index (κ1) is 14.0. The number of hydrogen-bond donors (Lipinski definition) is 0. The van der Waals surface area contributed by atoms with Crippen molar-refractivity contribution in [2.75, 3.05) is 18.1 Å². The second-order valence-corrected chi connectivity index (χ2v) is 4.27. The number of anilines is 1. The van der Waals surface area contributed by atoms with Crippen molar-refractivity contribution in [3.8, 4) is 5.75 Å². The Balaban J connectivity index is 2.16. The third-order valence-corrected chi connectivity index (χ3v) is 2.95. The SMILES string of the molecule is CCN1CC=C(Cl)N1c1ccc(OC(F)(F)F)cc1. The van der Waals surface area contributed by atoms with Crippen molar-refractivity contribution < 1.29 is 17.9 Å². The first-order valence-electron chi connectivity index (χ1n) is 5.67. The van der Waals surface area contributed by atoms with Gasteiger partial charge in [-0.05, 0) is 30.3 Å². The zero-order valence-corrected chi connectivity index (χ0v) is 10.9. The van der Waals surface area contributed by atoms with Gasteiger partial charge in [0, 0.05) is 13.1 Å². The molecule has 0 aliphatic carbocycles. The van der Waals surface area contributed by atoms with E-state index in [1.165, 1.54) is 24.3 Å². The zero-order valence-electron chi connectivity index (χ0n) is 10.1. The van der Waals surface area contributed by atoms with Crippen LogP contribution in [0.1, 0.15) is 6.92 Å². The van der Waals surface area contributed by atoms with Gasteiger partial charge in [0.05, 0.1) is 5.69 Å². The number of hydrogen-bond acceptors (Lipinski definition) is 3. The van der Waals surface area contributed by atoms with Crippen molar-refractivity contribution in [2.24, 2.45) is 0 Å². The van der Waals surface area contributed by atoms with E-state index in [-0.39, 0.29) is 5.75 Å². The zero-order chi connectivity index (χ0) is 14.0. The Morgan fingerprint density at radius 2 is 1.89 bits per heavy atom. The van der Waals surface area contributed by atoms with Crippen LogP contribution in [0, 0.1) is 0 Å². The topological polar surface area (TPSA) is 15.7 Å². The van der Waals surface area contributed by atoms with Gasteiger partial charge in [-0.3, -0.25) is 5.01 Å². The van der Waals surface area contributed by atoms with Gasteiger partial charge in [-0.25, -0.2) is 5.01 Å². The van der Waals surface area contributed by atoms with Crippen LogP contribution in [-0.2, 0) is 0 Å².